The molecule has 2 rings (SSSR count). The smallest absolute Gasteiger partial charge is 0.407 e. The molecule has 24 heavy (non-hydrogen) atoms. The van der Waals surface area contributed by atoms with Gasteiger partial charge in [-0.2, -0.15) is 0 Å². The Morgan fingerprint density at radius 1 is 1.21 bits per heavy atom. The quantitative estimate of drug-likeness (QED) is 0.819. The van der Waals surface area contributed by atoms with Crippen LogP contribution in [-0.4, -0.2) is 11.7 Å². The van der Waals surface area contributed by atoms with E-state index in [1.54, 1.807) is 58.0 Å². The van der Waals surface area contributed by atoms with Crippen LogP contribution >= 0.6 is 0 Å². The lowest BCUT2D eigenvalue weighted by atomic mass is 9.99. The third-order valence-electron chi connectivity index (χ3n) is 3.43. The second-order valence-electron chi connectivity index (χ2n) is 6.71. The molecular formula is C19H23FN2O2. The van der Waals surface area contributed by atoms with Crippen molar-refractivity contribution in [2.24, 2.45) is 0 Å². The summed E-state index contributed by atoms with van der Waals surface area (Å²) in [5, 5.41) is 2.67. The molecule has 0 radical (unpaired) electrons. The number of ether oxygens (including phenoxy) is 1. The van der Waals surface area contributed by atoms with Gasteiger partial charge in [0, 0.05) is 23.4 Å². The van der Waals surface area contributed by atoms with Crippen LogP contribution in [0.25, 0.3) is 11.1 Å². The predicted molar refractivity (Wildman–Crippen MR) is 94.1 cm³/mol. The van der Waals surface area contributed by atoms with Crippen LogP contribution in [0, 0.1) is 12.7 Å². The maximum atomic E-state index is 14.3. The van der Waals surface area contributed by atoms with Gasteiger partial charge in [-0.1, -0.05) is 30.3 Å². The van der Waals surface area contributed by atoms with Crippen molar-refractivity contribution in [1.29, 1.82) is 0 Å². The number of hydrogen-bond donors (Lipinski definition) is 2. The largest absolute Gasteiger partial charge is 0.444 e. The van der Waals surface area contributed by atoms with Crippen molar-refractivity contribution in [2.75, 3.05) is 5.73 Å². The summed E-state index contributed by atoms with van der Waals surface area (Å²) in [5.74, 6) is -0.274. The summed E-state index contributed by atoms with van der Waals surface area (Å²) in [5.41, 5.74) is 8.48. The van der Waals surface area contributed by atoms with Crippen molar-refractivity contribution in [3.63, 3.8) is 0 Å². The van der Waals surface area contributed by atoms with E-state index in [0.29, 0.717) is 22.4 Å². The fourth-order valence-electron chi connectivity index (χ4n) is 2.31. The van der Waals surface area contributed by atoms with Gasteiger partial charge in [0.2, 0.25) is 0 Å². The highest BCUT2D eigenvalue weighted by atomic mass is 19.1. The minimum absolute atomic E-state index is 0.274. The molecule has 0 aliphatic rings. The predicted octanol–water partition coefficient (Wildman–Crippen LogP) is 4.41. The number of anilines is 1. The van der Waals surface area contributed by atoms with E-state index < -0.39 is 11.7 Å². The summed E-state index contributed by atoms with van der Waals surface area (Å²) in [6.45, 7) is 7.41. The van der Waals surface area contributed by atoms with Gasteiger partial charge in [0.1, 0.15) is 11.4 Å². The molecule has 0 unspecified atom stereocenters. The van der Waals surface area contributed by atoms with Crippen LogP contribution in [0.4, 0.5) is 14.9 Å². The lowest BCUT2D eigenvalue weighted by Gasteiger charge is -2.19. The number of halogens is 1. The number of carbonyl (C=O) groups excluding carboxylic acids is 1. The molecule has 0 fully saturated rings. The van der Waals surface area contributed by atoms with Crippen molar-refractivity contribution >= 4 is 11.8 Å². The number of carbonyl (C=O) groups is 1. The third-order valence-corrected chi connectivity index (χ3v) is 3.43. The molecule has 5 heteroatoms. The molecule has 0 atom stereocenters. The van der Waals surface area contributed by atoms with Gasteiger partial charge in [0.05, 0.1) is 0 Å². The molecule has 0 aliphatic heterocycles. The minimum atomic E-state index is -0.546. The molecule has 0 heterocycles. The zero-order chi connectivity index (χ0) is 17.9. The SMILES string of the molecule is Cc1cccc(-c2ccc(CNC(=O)OC(C)(C)C)cc2N)c1F. The molecule has 2 aromatic rings. The van der Waals surface area contributed by atoms with Gasteiger partial charge in [0.25, 0.3) is 0 Å². The van der Waals surface area contributed by atoms with Crippen LogP contribution in [0.15, 0.2) is 36.4 Å². The van der Waals surface area contributed by atoms with E-state index >= 15 is 0 Å². The molecule has 0 bridgehead atoms. The van der Waals surface area contributed by atoms with E-state index in [1.165, 1.54) is 0 Å². The molecule has 128 valence electrons. The summed E-state index contributed by atoms with van der Waals surface area (Å²) in [7, 11) is 0. The van der Waals surface area contributed by atoms with Crippen molar-refractivity contribution in [2.45, 2.75) is 39.8 Å². The number of amides is 1. The van der Waals surface area contributed by atoms with Crippen LogP contribution in [0.1, 0.15) is 31.9 Å². The van der Waals surface area contributed by atoms with E-state index in [1.807, 2.05) is 6.07 Å². The van der Waals surface area contributed by atoms with Crippen molar-refractivity contribution in [1.82, 2.24) is 5.32 Å². The van der Waals surface area contributed by atoms with Gasteiger partial charge < -0.3 is 15.8 Å². The first-order chi connectivity index (χ1) is 11.2. The Kier molecular flexibility index (Phi) is 5.12. The maximum absolute atomic E-state index is 14.3. The summed E-state index contributed by atoms with van der Waals surface area (Å²) in [6.07, 6.45) is -0.491. The van der Waals surface area contributed by atoms with Gasteiger partial charge in [-0.15, -0.1) is 0 Å². The molecule has 0 aliphatic carbocycles. The number of alkyl carbamates (subject to hydrolysis) is 1. The van der Waals surface area contributed by atoms with Gasteiger partial charge in [0.15, 0.2) is 0 Å². The van der Waals surface area contributed by atoms with E-state index in [2.05, 4.69) is 5.32 Å². The number of aryl methyl sites for hydroxylation is 1. The molecular weight excluding hydrogens is 307 g/mol. The second-order valence-corrected chi connectivity index (χ2v) is 6.71. The molecule has 1 amide bonds. The van der Waals surface area contributed by atoms with Gasteiger partial charge in [-0.3, -0.25) is 0 Å². The molecule has 0 saturated carbocycles. The van der Waals surface area contributed by atoms with E-state index in [9.17, 15) is 9.18 Å². The first kappa shape index (κ1) is 17.8. The minimum Gasteiger partial charge on any atom is -0.444 e. The normalized spacial score (nSPS) is 11.2. The van der Waals surface area contributed by atoms with Gasteiger partial charge in [-0.25, -0.2) is 9.18 Å². The van der Waals surface area contributed by atoms with E-state index in [0.717, 1.165) is 5.56 Å². The fraction of sp³-hybridized carbons (Fsp3) is 0.316. The lowest BCUT2D eigenvalue weighted by Crippen LogP contribution is -2.32. The standard InChI is InChI=1S/C19H23FN2O2/c1-12-6-5-7-15(17(12)20)14-9-8-13(10-16(14)21)11-22-18(23)24-19(2,3)4/h5-10H,11,21H2,1-4H3,(H,22,23). The summed E-state index contributed by atoms with van der Waals surface area (Å²) >= 11 is 0. The highest BCUT2D eigenvalue weighted by Crippen LogP contribution is 2.30. The van der Waals surface area contributed by atoms with Crippen LogP contribution in [-0.2, 0) is 11.3 Å². The van der Waals surface area contributed by atoms with E-state index in [4.69, 9.17) is 10.5 Å². The highest BCUT2D eigenvalue weighted by Gasteiger charge is 2.16. The molecule has 4 nitrogen and oxygen atoms in total. The Bertz CT molecular complexity index is 752. The Morgan fingerprint density at radius 3 is 2.54 bits per heavy atom. The number of hydrogen-bond acceptors (Lipinski definition) is 3. The summed E-state index contributed by atoms with van der Waals surface area (Å²) < 4.78 is 19.4. The highest BCUT2D eigenvalue weighted by molar-refractivity contribution is 5.77. The number of rotatable bonds is 3. The van der Waals surface area contributed by atoms with Gasteiger partial charge >= 0.3 is 6.09 Å². The van der Waals surface area contributed by atoms with Crippen LogP contribution in [0.5, 0.6) is 0 Å². The summed E-state index contributed by atoms with van der Waals surface area (Å²) in [6, 6.07) is 10.5. The Hall–Kier alpha value is -2.56. The Labute approximate surface area is 141 Å². The van der Waals surface area contributed by atoms with E-state index in [-0.39, 0.29) is 12.4 Å². The molecule has 0 aromatic heterocycles. The van der Waals surface area contributed by atoms with Gasteiger partial charge in [-0.05, 0) is 44.9 Å². The Balaban J connectivity index is 2.13. The Morgan fingerprint density at radius 2 is 1.92 bits per heavy atom. The maximum Gasteiger partial charge on any atom is 0.407 e. The first-order valence-electron chi connectivity index (χ1n) is 7.78. The zero-order valence-corrected chi connectivity index (χ0v) is 14.4. The molecule has 3 N–H and O–H groups in total. The average Bonchev–Trinajstić information content (AvgIpc) is 2.47. The molecule has 0 spiro atoms. The van der Waals surface area contributed by atoms with Crippen LogP contribution in [0.3, 0.4) is 0 Å². The molecule has 2 aromatic carbocycles. The van der Waals surface area contributed by atoms with Crippen LogP contribution in [0.2, 0.25) is 0 Å². The van der Waals surface area contributed by atoms with Crippen molar-refractivity contribution in [3.8, 4) is 11.1 Å². The third kappa shape index (κ3) is 4.47. The number of nitrogens with one attached hydrogen (secondary N) is 1. The lowest BCUT2D eigenvalue weighted by molar-refractivity contribution is 0.0523. The number of nitrogens with two attached hydrogens (primary N) is 1. The zero-order valence-electron chi connectivity index (χ0n) is 14.4. The monoisotopic (exact) mass is 330 g/mol. The van der Waals surface area contributed by atoms with Crippen molar-refractivity contribution < 1.29 is 13.9 Å². The topological polar surface area (TPSA) is 64.3 Å². The number of nitrogen functional groups attached to an aromatic ring is 1. The van der Waals surface area contributed by atoms with Crippen molar-refractivity contribution in [3.05, 3.63) is 53.3 Å². The van der Waals surface area contributed by atoms with Crippen LogP contribution < -0.4 is 11.1 Å². The summed E-state index contributed by atoms with van der Waals surface area (Å²) in [4.78, 5) is 11.7. The fourth-order valence-corrected chi connectivity index (χ4v) is 2.31. The second kappa shape index (κ2) is 6.91. The first-order valence-corrected chi connectivity index (χ1v) is 7.78. The average molecular weight is 330 g/mol. The number of benzene rings is 2. The molecule has 0 saturated heterocycles.